The molecular formula is C56H36N4O. The average Bonchev–Trinajstić information content (AvgIpc) is 3.72. The van der Waals surface area contributed by atoms with E-state index in [0.717, 1.165) is 100 Å². The Morgan fingerprint density at radius 1 is 0.230 bits per heavy atom. The van der Waals surface area contributed by atoms with Crippen molar-refractivity contribution < 1.29 is 4.42 Å². The largest absolute Gasteiger partial charge is 0.456 e. The van der Waals surface area contributed by atoms with E-state index in [1.54, 1.807) is 0 Å². The SMILES string of the molecule is c1ccc(-c2cc(-c3ccc(-c4ccc5oc6ccc(-c7ccc(-c8cc(-c9ccccc9)nc(-c9ccccc9)n8)cc7)cc6c5c4)cc3)nc(-c3ccccc3)n2)cc1. The van der Waals surface area contributed by atoms with Gasteiger partial charge in [-0.15, -0.1) is 0 Å². The first-order chi connectivity index (χ1) is 30.2. The summed E-state index contributed by atoms with van der Waals surface area (Å²) in [6, 6.07) is 75.1. The van der Waals surface area contributed by atoms with Crippen molar-refractivity contribution in [2.45, 2.75) is 0 Å². The fraction of sp³-hybridized carbons (Fsp3) is 0. The van der Waals surface area contributed by atoms with Crippen LogP contribution in [-0.4, -0.2) is 19.9 Å². The van der Waals surface area contributed by atoms with Crippen molar-refractivity contribution in [3.05, 3.63) is 218 Å². The maximum atomic E-state index is 6.35. The second-order valence-corrected chi connectivity index (χ2v) is 15.1. The average molecular weight is 781 g/mol. The Labute approximate surface area is 353 Å². The van der Waals surface area contributed by atoms with E-state index in [0.29, 0.717) is 11.6 Å². The Morgan fingerprint density at radius 2 is 0.508 bits per heavy atom. The van der Waals surface area contributed by atoms with Crippen LogP contribution in [0, 0.1) is 0 Å². The first-order valence-electron chi connectivity index (χ1n) is 20.4. The molecule has 3 heterocycles. The van der Waals surface area contributed by atoms with Crippen LogP contribution in [0.1, 0.15) is 0 Å². The molecule has 0 spiro atoms. The molecule has 0 aliphatic rings. The van der Waals surface area contributed by atoms with Gasteiger partial charge in [0.15, 0.2) is 11.6 Å². The molecule has 0 saturated carbocycles. The fourth-order valence-corrected chi connectivity index (χ4v) is 7.94. The molecule has 61 heavy (non-hydrogen) atoms. The van der Waals surface area contributed by atoms with Gasteiger partial charge in [0, 0.05) is 44.2 Å². The first kappa shape index (κ1) is 35.8. The molecule has 0 unspecified atom stereocenters. The highest BCUT2D eigenvalue weighted by Crippen LogP contribution is 2.37. The number of fused-ring (bicyclic) bond motifs is 3. The highest BCUT2D eigenvalue weighted by atomic mass is 16.3. The predicted octanol–water partition coefficient (Wildman–Crippen LogP) is 14.5. The standard InChI is InChI=1S/C56H36N4O/c1-5-13-39(14-6-1)49-35-51(59-55(57-49)43-17-9-3-10-18-43)41-25-21-37(22-26-41)45-29-31-53-47(33-45)48-34-46(30-32-54(48)61-53)38-23-27-42(28-24-38)52-36-50(40-15-7-2-8-16-40)58-56(60-52)44-19-11-4-12-20-44/h1-36H. The first-order valence-corrected chi connectivity index (χ1v) is 20.4. The van der Waals surface area contributed by atoms with Gasteiger partial charge < -0.3 is 4.42 Å². The Kier molecular flexibility index (Phi) is 9.10. The minimum atomic E-state index is 0.703. The molecule has 286 valence electrons. The van der Waals surface area contributed by atoms with Crippen LogP contribution < -0.4 is 0 Å². The van der Waals surface area contributed by atoms with Gasteiger partial charge in [-0.1, -0.05) is 182 Å². The van der Waals surface area contributed by atoms with E-state index < -0.39 is 0 Å². The molecule has 11 rings (SSSR count). The molecule has 0 amide bonds. The van der Waals surface area contributed by atoms with Crippen LogP contribution in [0.2, 0.25) is 0 Å². The summed E-state index contributed by atoms with van der Waals surface area (Å²) < 4.78 is 6.35. The van der Waals surface area contributed by atoms with E-state index in [9.17, 15) is 0 Å². The number of aromatic nitrogens is 4. The zero-order valence-corrected chi connectivity index (χ0v) is 33.0. The number of furan rings is 1. The third-order valence-electron chi connectivity index (χ3n) is 11.2. The van der Waals surface area contributed by atoms with Crippen molar-refractivity contribution in [3.63, 3.8) is 0 Å². The van der Waals surface area contributed by atoms with Gasteiger partial charge in [0.1, 0.15) is 11.2 Å². The second-order valence-electron chi connectivity index (χ2n) is 15.1. The van der Waals surface area contributed by atoms with Gasteiger partial charge in [0.05, 0.1) is 22.8 Å². The summed E-state index contributed by atoms with van der Waals surface area (Å²) in [5.74, 6) is 1.41. The minimum Gasteiger partial charge on any atom is -0.456 e. The zero-order valence-electron chi connectivity index (χ0n) is 33.0. The van der Waals surface area contributed by atoms with Crippen LogP contribution >= 0.6 is 0 Å². The molecule has 3 aromatic heterocycles. The van der Waals surface area contributed by atoms with E-state index in [1.807, 2.05) is 72.8 Å². The van der Waals surface area contributed by atoms with E-state index in [1.165, 1.54) is 0 Å². The lowest BCUT2D eigenvalue weighted by atomic mass is 9.98. The van der Waals surface area contributed by atoms with Crippen molar-refractivity contribution in [1.82, 2.24) is 19.9 Å². The van der Waals surface area contributed by atoms with Crippen LogP contribution in [0.3, 0.4) is 0 Å². The Morgan fingerprint density at radius 3 is 0.852 bits per heavy atom. The summed E-state index contributed by atoms with van der Waals surface area (Å²) in [6.45, 7) is 0. The van der Waals surface area contributed by atoms with Crippen molar-refractivity contribution in [3.8, 4) is 90.1 Å². The lowest BCUT2D eigenvalue weighted by molar-refractivity contribution is 0.669. The van der Waals surface area contributed by atoms with Gasteiger partial charge in [-0.2, -0.15) is 0 Å². The van der Waals surface area contributed by atoms with Crippen LogP contribution in [0.25, 0.3) is 112 Å². The summed E-state index contributed by atoms with van der Waals surface area (Å²) in [4.78, 5) is 20.0. The maximum Gasteiger partial charge on any atom is 0.160 e. The Bertz CT molecular complexity index is 2970. The van der Waals surface area contributed by atoms with Crippen molar-refractivity contribution in [1.29, 1.82) is 0 Å². The summed E-state index contributed by atoms with van der Waals surface area (Å²) in [5, 5.41) is 2.16. The minimum absolute atomic E-state index is 0.703. The summed E-state index contributed by atoms with van der Waals surface area (Å²) in [7, 11) is 0. The van der Waals surface area contributed by atoms with Gasteiger partial charge in [-0.25, -0.2) is 19.9 Å². The van der Waals surface area contributed by atoms with Crippen molar-refractivity contribution in [2.24, 2.45) is 0 Å². The van der Waals surface area contributed by atoms with Gasteiger partial charge in [0.2, 0.25) is 0 Å². The molecule has 0 radical (unpaired) electrons. The molecule has 11 aromatic rings. The Hall–Kier alpha value is -8.28. The monoisotopic (exact) mass is 780 g/mol. The maximum absolute atomic E-state index is 6.35. The van der Waals surface area contributed by atoms with Crippen molar-refractivity contribution in [2.75, 3.05) is 0 Å². The molecular weight excluding hydrogens is 745 g/mol. The number of nitrogens with zero attached hydrogens (tertiary/aromatic N) is 4. The van der Waals surface area contributed by atoms with Gasteiger partial charge in [-0.3, -0.25) is 0 Å². The Balaban J connectivity index is 0.904. The number of rotatable bonds is 8. The second kappa shape index (κ2) is 15.5. The van der Waals surface area contributed by atoms with Crippen LogP contribution in [0.4, 0.5) is 0 Å². The quantitative estimate of drug-likeness (QED) is 0.154. The molecule has 0 atom stereocenters. The molecule has 0 aliphatic carbocycles. The number of benzene rings is 8. The lowest BCUT2D eigenvalue weighted by Gasteiger charge is -2.10. The van der Waals surface area contributed by atoms with Crippen LogP contribution in [0.5, 0.6) is 0 Å². The summed E-state index contributed by atoms with van der Waals surface area (Å²) >= 11 is 0. The van der Waals surface area contributed by atoms with E-state index >= 15 is 0 Å². The predicted molar refractivity (Wildman–Crippen MR) is 248 cm³/mol. The smallest absolute Gasteiger partial charge is 0.160 e. The summed E-state index contributed by atoms with van der Waals surface area (Å²) in [6.07, 6.45) is 0. The molecule has 0 aliphatic heterocycles. The normalized spacial score (nSPS) is 11.3. The number of hydrogen-bond acceptors (Lipinski definition) is 5. The molecule has 0 N–H and O–H groups in total. The van der Waals surface area contributed by atoms with Gasteiger partial charge in [-0.05, 0) is 58.7 Å². The highest BCUT2D eigenvalue weighted by Gasteiger charge is 2.15. The fourth-order valence-electron chi connectivity index (χ4n) is 7.94. The lowest BCUT2D eigenvalue weighted by Crippen LogP contribution is -1.95. The molecule has 0 saturated heterocycles. The highest BCUT2D eigenvalue weighted by molar-refractivity contribution is 6.07. The zero-order chi connectivity index (χ0) is 40.5. The van der Waals surface area contributed by atoms with Gasteiger partial charge in [0.25, 0.3) is 0 Å². The molecule has 5 heteroatoms. The van der Waals surface area contributed by atoms with E-state index in [4.69, 9.17) is 24.4 Å². The van der Waals surface area contributed by atoms with Gasteiger partial charge >= 0.3 is 0 Å². The topological polar surface area (TPSA) is 64.7 Å². The van der Waals surface area contributed by atoms with Crippen molar-refractivity contribution >= 4 is 21.9 Å². The number of hydrogen-bond donors (Lipinski definition) is 0. The molecule has 8 aromatic carbocycles. The van der Waals surface area contributed by atoms with E-state index in [2.05, 4.69) is 146 Å². The van der Waals surface area contributed by atoms with E-state index in [-0.39, 0.29) is 0 Å². The summed E-state index contributed by atoms with van der Waals surface area (Å²) in [5.41, 5.74) is 15.8. The third-order valence-corrected chi connectivity index (χ3v) is 11.2. The van der Waals surface area contributed by atoms with Crippen LogP contribution in [0.15, 0.2) is 223 Å². The molecule has 0 fully saturated rings. The molecule has 0 bridgehead atoms. The van der Waals surface area contributed by atoms with Crippen LogP contribution in [-0.2, 0) is 0 Å². The third kappa shape index (κ3) is 7.15. The molecule has 5 nitrogen and oxygen atoms in total.